The third-order valence-corrected chi connectivity index (χ3v) is 3.52. The van der Waals surface area contributed by atoms with Crippen molar-refractivity contribution in [2.45, 2.75) is 39.0 Å². The maximum absolute atomic E-state index is 5.90. The smallest absolute Gasteiger partial charge is 0.170 e. The molecule has 0 amide bonds. The monoisotopic (exact) mass is 275 g/mol. The Balaban J connectivity index is 1.68. The number of nitrogens with zero attached hydrogens (tertiary/aromatic N) is 1. The van der Waals surface area contributed by atoms with Crippen LogP contribution < -0.4 is 11.1 Å². The second kappa shape index (κ2) is 7.78. The zero-order valence-electron chi connectivity index (χ0n) is 12.3. The van der Waals surface area contributed by atoms with Crippen molar-refractivity contribution in [1.29, 1.82) is 0 Å². The first kappa shape index (κ1) is 14.7. The van der Waals surface area contributed by atoms with Gasteiger partial charge in [-0.15, -0.1) is 0 Å². The fourth-order valence-corrected chi connectivity index (χ4v) is 2.14. The molecule has 0 radical (unpaired) electrons. The molecule has 3 N–H and O–H groups in total. The Bertz CT molecular complexity index is 424. The molecule has 1 aliphatic carbocycles. The lowest BCUT2D eigenvalue weighted by atomic mass is 10.2. The second-order valence-corrected chi connectivity index (χ2v) is 5.36. The minimum atomic E-state index is 0.440. The number of unbranched alkanes of at least 4 members (excludes halogenated alkanes) is 1. The van der Waals surface area contributed by atoms with E-state index in [0.29, 0.717) is 12.4 Å². The number of oxime groups is 1. The Kier molecular flexibility index (Phi) is 5.71. The van der Waals surface area contributed by atoms with Crippen LogP contribution in [0.1, 0.15) is 44.6 Å². The van der Waals surface area contributed by atoms with E-state index in [-0.39, 0.29) is 0 Å². The highest BCUT2D eigenvalue weighted by Gasteiger charge is 2.19. The van der Waals surface area contributed by atoms with Crippen molar-refractivity contribution in [3.8, 4) is 0 Å². The lowest BCUT2D eigenvalue weighted by Gasteiger charge is -2.05. The third kappa shape index (κ3) is 5.11. The number of nitrogens with two attached hydrogens (primary N) is 1. The normalized spacial score (nSPS) is 15.2. The van der Waals surface area contributed by atoms with Crippen LogP contribution in [0, 0.1) is 5.92 Å². The number of benzene rings is 1. The largest absolute Gasteiger partial charge is 0.394 e. The van der Waals surface area contributed by atoms with Crippen LogP contribution in [0.2, 0.25) is 0 Å². The average molecular weight is 275 g/mol. The summed E-state index contributed by atoms with van der Waals surface area (Å²) in [4.78, 5) is 5.28. The first-order chi connectivity index (χ1) is 9.79. The number of amidine groups is 1. The summed E-state index contributed by atoms with van der Waals surface area (Å²) in [6.07, 6.45) is 6.49. The molecule has 1 aromatic carbocycles. The molecule has 110 valence electrons. The molecule has 0 spiro atoms. The zero-order valence-corrected chi connectivity index (χ0v) is 12.3. The van der Waals surface area contributed by atoms with Crippen molar-refractivity contribution in [2.24, 2.45) is 16.8 Å². The van der Waals surface area contributed by atoms with E-state index in [1.165, 1.54) is 25.7 Å². The van der Waals surface area contributed by atoms with Gasteiger partial charge >= 0.3 is 0 Å². The molecule has 0 bridgehead atoms. The molecule has 0 aromatic heterocycles. The van der Waals surface area contributed by atoms with Crippen LogP contribution in [0.15, 0.2) is 29.4 Å². The summed E-state index contributed by atoms with van der Waals surface area (Å²) < 4.78 is 0. The van der Waals surface area contributed by atoms with E-state index in [1.54, 1.807) is 0 Å². The first-order valence-electron chi connectivity index (χ1n) is 7.59. The predicted molar refractivity (Wildman–Crippen MR) is 83.9 cm³/mol. The second-order valence-electron chi connectivity index (χ2n) is 5.36. The van der Waals surface area contributed by atoms with Gasteiger partial charge in [-0.05, 0) is 49.9 Å². The van der Waals surface area contributed by atoms with E-state index in [1.807, 2.05) is 24.3 Å². The van der Waals surface area contributed by atoms with E-state index in [9.17, 15) is 0 Å². The van der Waals surface area contributed by atoms with Crippen LogP contribution in [-0.2, 0) is 4.84 Å². The van der Waals surface area contributed by atoms with Crippen molar-refractivity contribution in [3.63, 3.8) is 0 Å². The van der Waals surface area contributed by atoms with Gasteiger partial charge in [0, 0.05) is 17.8 Å². The summed E-state index contributed by atoms with van der Waals surface area (Å²) in [6.45, 7) is 3.64. The molecular formula is C16H25N3O. The molecule has 0 saturated heterocycles. The lowest BCUT2D eigenvalue weighted by molar-refractivity contribution is 0.139. The SMILES string of the molecule is CCNc1ccc(C(N)=NOCCCCC2CC2)cc1. The van der Waals surface area contributed by atoms with Crippen molar-refractivity contribution < 1.29 is 4.84 Å². The van der Waals surface area contributed by atoms with Gasteiger partial charge in [0.15, 0.2) is 5.84 Å². The Labute approximate surface area is 121 Å². The highest BCUT2D eigenvalue weighted by molar-refractivity contribution is 5.97. The maximum Gasteiger partial charge on any atom is 0.170 e. The fraction of sp³-hybridized carbons (Fsp3) is 0.562. The molecule has 0 aliphatic heterocycles. The first-order valence-corrected chi connectivity index (χ1v) is 7.59. The highest BCUT2D eigenvalue weighted by atomic mass is 16.6. The molecule has 4 heteroatoms. The van der Waals surface area contributed by atoms with Crippen molar-refractivity contribution in [1.82, 2.24) is 0 Å². The summed E-state index contributed by atoms with van der Waals surface area (Å²) in [5.74, 6) is 1.44. The van der Waals surface area contributed by atoms with E-state index in [0.717, 1.165) is 30.1 Å². The van der Waals surface area contributed by atoms with Gasteiger partial charge in [0.1, 0.15) is 6.61 Å². The van der Waals surface area contributed by atoms with Gasteiger partial charge in [-0.3, -0.25) is 0 Å². The molecule has 1 aliphatic rings. The average Bonchev–Trinajstić information content (AvgIpc) is 3.28. The number of hydrogen-bond acceptors (Lipinski definition) is 3. The summed E-state index contributed by atoms with van der Waals surface area (Å²) in [7, 11) is 0. The van der Waals surface area contributed by atoms with Crippen molar-refractivity contribution in [2.75, 3.05) is 18.5 Å². The van der Waals surface area contributed by atoms with Crippen LogP contribution in [0.4, 0.5) is 5.69 Å². The predicted octanol–water partition coefficient (Wildman–Crippen LogP) is 3.34. The van der Waals surface area contributed by atoms with Crippen LogP contribution in [0.25, 0.3) is 0 Å². The molecule has 1 fully saturated rings. The Morgan fingerprint density at radius 1 is 1.30 bits per heavy atom. The molecule has 2 rings (SSSR count). The molecular weight excluding hydrogens is 250 g/mol. The van der Waals surface area contributed by atoms with Gasteiger partial charge < -0.3 is 15.9 Å². The van der Waals surface area contributed by atoms with Gasteiger partial charge in [-0.1, -0.05) is 24.4 Å². The summed E-state index contributed by atoms with van der Waals surface area (Å²) >= 11 is 0. The Hall–Kier alpha value is -1.71. The number of nitrogens with one attached hydrogen (secondary N) is 1. The van der Waals surface area contributed by atoms with Gasteiger partial charge in [-0.2, -0.15) is 0 Å². The van der Waals surface area contributed by atoms with E-state index in [4.69, 9.17) is 10.6 Å². The summed E-state index contributed by atoms with van der Waals surface area (Å²) in [5, 5.41) is 7.22. The maximum atomic E-state index is 5.90. The number of anilines is 1. The van der Waals surface area contributed by atoms with Crippen LogP contribution in [0.3, 0.4) is 0 Å². The summed E-state index contributed by atoms with van der Waals surface area (Å²) in [5.41, 5.74) is 7.88. The number of hydrogen-bond donors (Lipinski definition) is 2. The highest BCUT2D eigenvalue weighted by Crippen LogP contribution is 2.33. The van der Waals surface area contributed by atoms with Gasteiger partial charge in [0.25, 0.3) is 0 Å². The minimum Gasteiger partial charge on any atom is -0.394 e. The quantitative estimate of drug-likeness (QED) is 0.314. The van der Waals surface area contributed by atoms with Crippen molar-refractivity contribution in [3.05, 3.63) is 29.8 Å². The molecule has 0 atom stereocenters. The lowest BCUT2D eigenvalue weighted by Crippen LogP contribution is -2.14. The molecule has 4 nitrogen and oxygen atoms in total. The Morgan fingerprint density at radius 2 is 2.05 bits per heavy atom. The molecule has 20 heavy (non-hydrogen) atoms. The van der Waals surface area contributed by atoms with Gasteiger partial charge in [0.2, 0.25) is 0 Å². The molecule has 0 unspecified atom stereocenters. The van der Waals surface area contributed by atoms with Gasteiger partial charge in [0.05, 0.1) is 0 Å². The van der Waals surface area contributed by atoms with Gasteiger partial charge in [-0.25, -0.2) is 0 Å². The third-order valence-electron chi connectivity index (χ3n) is 3.52. The van der Waals surface area contributed by atoms with E-state index < -0.39 is 0 Å². The van der Waals surface area contributed by atoms with E-state index >= 15 is 0 Å². The minimum absolute atomic E-state index is 0.440. The van der Waals surface area contributed by atoms with Crippen LogP contribution in [0.5, 0.6) is 0 Å². The fourth-order valence-electron chi connectivity index (χ4n) is 2.14. The van der Waals surface area contributed by atoms with E-state index in [2.05, 4.69) is 17.4 Å². The molecule has 0 heterocycles. The molecule has 1 saturated carbocycles. The number of rotatable bonds is 9. The topological polar surface area (TPSA) is 59.6 Å². The Morgan fingerprint density at radius 3 is 2.70 bits per heavy atom. The summed E-state index contributed by atoms with van der Waals surface area (Å²) in [6, 6.07) is 7.90. The zero-order chi connectivity index (χ0) is 14.2. The van der Waals surface area contributed by atoms with Crippen molar-refractivity contribution >= 4 is 11.5 Å². The van der Waals surface area contributed by atoms with Crippen LogP contribution >= 0.6 is 0 Å². The standard InChI is InChI=1S/C16H25N3O/c1-2-18-15-10-8-14(9-11-15)16(17)19-20-12-4-3-5-13-6-7-13/h8-11,13,18H,2-7,12H2,1H3,(H2,17,19). The van der Waals surface area contributed by atoms with Crippen LogP contribution in [-0.4, -0.2) is 19.0 Å². The molecule has 1 aromatic rings.